The smallest absolute Gasteiger partial charge is 0.262 e. The van der Waals surface area contributed by atoms with Crippen molar-refractivity contribution >= 4 is 44.8 Å². The highest BCUT2D eigenvalue weighted by atomic mass is 79.9. The van der Waals surface area contributed by atoms with Crippen molar-refractivity contribution in [1.82, 2.24) is 0 Å². The number of anilines is 2. The zero-order valence-corrected chi connectivity index (χ0v) is 20.6. The molecule has 5 nitrogen and oxygen atoms in total. The maximum atomic E-state index is 12.4. The van der Waals surface area contributed by atoms with Crippen LogP contribution in [0.1, 0.15) is 23.6 Å². The lowest BCUT2D eigenvalue weighted by atomic mass is 10.1. The maximum absolute atomic E-state index is 12.4. The highest BCUT2D eigenvalue weighted by molar-refractivity contribution is 9.10. The van der Waals surface area contributed by atoms with Crippen LogP contribution in [-0.2, 0) is 11.3 Å². The zero-order chi connectivity index (χ0) is 23.1. The summed E-state index contributed by atoms with van der Waals surface area (Å²) in [5, 5.41) is 6.83. The Morgan fingerprint density at radius 1 is 1.03 bits per heavy atom. The number of hydrogen-bond acceptors (Lipinski definition) is 4. The van der Waals surface area contributed by atoms with Gasteiger partial charge in [0.05, 0.1) is 11.1 Å². The standard InChI is InChI=1S/C25H26BrClN2O3/c1-4-31-23-12-18(14-28-22-8-6-5-7-17(22)3)11-20(26)25(23)32-15-24(30)29-19-10-9-16(2)21(27)13-19/h5-13,28H,4,14-15H2,1-3H3,(H,29,30). The van der Waals surface area contributed by atoms with Crippen LogP contribution in [0.25, 0.3) is 0 Å². The van der Waals surface area contributed by atoms with Gasteiger partial charge in [0.25, 0.3) is 5.91 Å². The van der Waals surface area contributed by atoms with Gasteiger partial charge >= 0.3 is 0 Å². The van der Waals surface area contributed by atoms with Gasteiger partial charge in [-0.3, -0.25) is 4.79 Å². The number of carbonyl (C=O) groups excluding carboxylic acids is 1. The third kappa shape index (κ3) is 6.40. The molecule has 0 bridgehead atoms. The molecule has 0 heterocycles. The molecule has 0 radical (unpaired) electrons. The first-order chi connectivity index (χ1) is 15.4. The van der Waals surface area contributed by atoms with Crippen LogP contribution in [0, 0.1) is 13.8 Å². The van der Waals surface area contributed by atoms with Crippen molar-refractivity contribution < 1.29 is 14.3 Å². The Bertz CT molecular complexity index is 1100. The molecule has 168 valence electrons. The van der Waals surface area contributed by atoms with Crippen molar-refractivity contribution in [2.75, 3.05) is 23.8 Å². The van der Waals surface area contributed by atoms with Gasteiger partial charge < -0.3 is 20.1 Å². The van der Waals surface area contributed by atoms with Crippen LogP contribution in [-0.4, -0.2) is 19.1 Å². The second kappa shape index (κ2) is 11.2. The number of para-hydroxylation sites is 1. The van der Waals surface area contributed by atoms with E-state index in [-0.39, 0.29) is 12.5 Å². The van der Waals surface area contributed by atoms with E-state index in [9.17, 15) is 4.79 Å². The largest absolute Gasteiger partial charge is 0.490 e. The van der Waals surface area contributed by atoms with E-state index in [1.54, 1.807) is 12.1 Å². The van der Waals surface area contributed by atoms with Crippen LogP contribution in [0.4, 0.5) is 11.4 Å². The Hall–Kier alpha value is -2.70. The minimum Gasteiger partial charge on any atom is -0.490 e. The first-order valence-corrected chi connectivity index (χ1v) is 11.5. The minimum absolute atomic E-state index is 0.162. The molecule has 0 aliphatic carbocycles. The van der Waals surface area contributed by atoms with E-state index in [2.05, 4.69) is 39.6 Å². The number of amides is 1. The predicted octanol–water partition coefficient (Wildman–Crippen LogP) is 6.75. The molecule has 0 aliphatic rings. The molecule has 3 rings (SSSR count). The van der Waals surface area contributed by atoms with Gasteiger partial charge in [0.2, 0.25) is 0 Å². The number of ether oxygens (including phenoxy) is 2. The Kier molecular flexibility index (Phi) is 8.42. The van der Waals surface area contributed by atoms with Gasteiger partial charge in [0.1, 0.15) is 0 Å². The van der Waals surface area contributed by atoms with Crippen molar-refractivity contribution in [3.63, 3.8) is 0 Å². The molecule has 7 heteroatoms. The van der Waals surface area contributed by atoms with Crippen LogP contribution in [0.15, 0.2) is 59.1 Å². The van der Waals surface area contributed by atoms with Gasteiger partial charge in [-0.05, 0) is 83.7 Å². The van der Waals surface area contributed by atoms with Crippen molar-refractivity contribution in [2.24, 2.45) is 0 Å². The maximum Gasteiger partial charge on any atom is 0.262 e. The lowest BCUT2D eigenvalue weighted by Gasteiger charge is -2.16. The van der Waals surface area contributed by atoms with Gasteiger partial charge in [-0.2, -0.15) is 0 Å². The van der Waals surface area contributed by atoms with E-state index in [4.69, 9.17) is 21.1 Å². The molecular weight excluding hydrogens is 492 g/mol. The van der Waals surface area contributed by atoms with Crippen LogP contribution >= 0.6 is 27.5 Å². The highest BCUT2D eigenvalue weighted by Gasteiger charge is 2.15. The molecular formula is C25H26BrClN2O3. The number of benzene rings is 3. The highest BCUT2D eigenvalue weighted by Crippen LogP contribution is 2.37. The Morgan fingerprint density at radius 2 is 1.81 bits per heavy atom. The molecule has 0 aromatic heterocycles. The second-order valence-electron chi connectivity index (χ2n) is 7.31. The topological polar surface area (TPSA) is 59.6 Å². The summed E-state index contributed by atoms with van der Waals surface area (Å²) in [6.45, 7) is 6.82. The molecule has 0 aliphatic heterocycles. The lowest BCUT2D eigenvalue weighted by molar-refractivity contribution is -0.118. The van der Waals surface area contributed by atoms with Crippen LogP contribution in [0.3, 0.4) is 0 Å². The normalized spacial score (nSPS) is 10.5. The number of carbonyl (C=O) groups is 1. The monoisotopic (exact) mass is 516 g/mol. The van der Waals surface area contributed by atoms with Crippen LogP contribution < -0.4 is 20.1 Å². The summed E-state index contributed by atoms with van der Waals surface area (Å²) >= 11 is 9.69. The fourth-order valence-electron chi connectivity index (χ4n) is 3.10. The summed E-state index contributed by atoms with van der Waals surface area (Å²) in [5.74, 6) is 0.780. The first-order valence-electron chi connectivity index (χ1n) is 10.3. The Balaban J connectivity index is 1.68. The Morgan fingerprint density at radius 3 is 2.53 bits per heavy atom. The first kappa shape index (κ1) is 24.0. The number of hydrogen-bond donors (Lipinski definition) is 2. The SMILES string of the molecule is CCOc1cc(CNc2ccccc2C)cc(Br)c1OCC(=O)Nc1ccc(C)c(Cl)c1. The van der Waals surface area contributed by atoms with Gasteiger partial charge in [-0.15, -0.1) is 0 Å². The molecule has 1 amide bonds. The van der Waals surface area contributed by atoms with E-state index in [1.165, 1.54) is 5.56 Å². The molecule has 3 aromatic carbocycles. The van der Waals surface area contributed by atoms with Crippen molar-refractivity contribution in [3.05, 3.63) is 80.8 Å². The fraction of sp³-hybridized carbons (Fsp3) is 0.240. The number of halogens is 2. The Labute approximate surface area is 202 Å². The van der Waals surface area contributed by atoms with Crippen LogP contribution in [0.5, 0.6) is 11.5 Å². The van der Waals surface area contributed by atoms with E-state index in [1.807, 2.05) is 50.2 Å². The summed E-state index contributed by atoms with van der Waals surface area (Å²) in [7, 11) is 0. The summed E-state index contributed by atoms with van der Waals surface area (Å²) in [5.41, 5.74) is 4.85. The summed E-state index contributed by atoms with van der Waals surface area (Å²) in [4.78, 5) is 12.4. The van der Waals surface area contributed by atoms with E-state index in [0.29, 0.717) is 35.4 Å². The van der Waals surface area contributed by atoms with Crippen molar-refractivity contribution in [2.45, 2.75) is 27.3 Å². The number of nitrogens with one attached hydrogen (secondary N) is 2. The fourth-order valence-corrected chi connectivity index (χ4v) is 3.88. The third-order valence-corrected chi connectivity index (χ3v) is 5.80. The van der Waals surface area contributed by atoms with Gasteiger partial charge in [0, 0.05) is 22.9 Å². The van der Waals surface area contributed by atoms with E-state index >= 15 is 0 Å². The molecule has 0 unspecified atom stereocenters. The summed E-state index contributed by atoms with van der Waals surface area (Å²) in [6.07, 6.45) is 0. The average molecular weight is 518 g/mol. The van der Waals surface area contributed by atoms with Gasteiger partial charge in [-0.1, -0.05) is 35.9 Å². The molecule has 0 saturated heterocycles. The summed E-state index contributed by atoms with van der Waals surface area (Å²) < 4.78 is 12.3. The average Bonchev–Trinajstić information content (AvgIpc) is 2.75. The summed E-state index contributed by atoms with van der Waals surface area (Å²) in [6, 6.07) is 17.4. The molecule has 0 fully saturated rings. The molecule has 3 aromatic rings. The van der Waals surface area contributed by atoms with Gasteiger partial charge in [0.15, 0.2) is 18.1 Å². The van der Waals surface area contributed by atoms with Crippen molar-refractivity contribution in [3.8, 4) is 11.5 Å². The second-order valence-corrected chi connectivity index (χ2v) is 8.57. The molecule has 0 saturated carbocycles. The van der Waals surface area contributed by atoms with Crippen molar-refractivity contribution in [1.29, 1.82) is 0 Å². The number of rotatable bonds is 9. The molecule has 2 N–H and O–H groups in total. The predicted molar refractivity (Wildman–Crippen MR) is 134 cm³/mol. The molecule has 0 spiro atoms. The van der Waals surface area contributed by atoms with Crippen LogP contribution in [0.2, 0.25) is 5.02 Å². The minimum atomic E-state index is -0.287. The van der Waals surface area contributed by atoms with E-state index < -0.39 is 0 Å². The van der Waals surface area contributed by atoms with E-state index in [0.717, 1.165) is 21.3 Å². The van der Waals surface area contributed by atoms with Gasteiger partial charge in [-0.25, -0.2) is 0 Å². The number of aryl methyl sites for hydroxylation is 2. The molecule has 32 heavy (non-hydrogen) atoms. The third-order valence-electron chi connectivity index (χ3n) is 4.80. The quantitative estimate of drug-likeness (QED) is 0.330. The zero-order valence-electron chi connectivity index (χ0n) is 18.3. The molecule has 0 atom stereocenters. The lowest BCUT2D eigenvalue weighted by Crippen LogP contribution is -2.20.